The van der Waals surface area contributed by atoms with Crippen molar-refractivity contribution in [3.63, 3.8) is 0 Å². The highest BCUT2D eigenvalue weighted by Gasteiger charge is 2.47. The zero-order valence-electron chi connectivity index (χ0n) is 20.9. The van der Waals surface area contributed by atoms with Crippen LogP contribution in [-0.2, 0) is 33.7 Å². The molecule has 0 radical (unpaired) electrons. The molecule has 1 heterocycles. The van der Waals surface area contributed by atoms with E-state index in [2.05, 4.69) is 0 Å². The summed E-state index contributed by atoms with van der Waals surface area (Å²) in [6, 6.07) is 15.2. The van der Waals surface area contributed by atoms with Crippen LogP contribution < -0.4 is 4.74 Å². The normalized spacial score (nSPS) is 18.2. The Morgan fingerprint density at radius 1 is 1.00 bits per heavy atom. The highest BCUT2D eigenvalue weighted by molar-refractivity contribution is 5.84. The lowest BCUT2D eigenvalue weighted by Crippen LogP contribution is -2.37. The molecule has 1 fully saturated rings. The molecule has 1 amide bonds. The molecule has 1 aliphatic heterocycles. The molecule has 7 heteroatoms. The highest BCUT2D eigenvalue weighted by atomic mass is 19.1. The second kappa shape index (κ2) is 10.3. The molecule has 3 aromatic carbocycles. The summed E-state index contributed by atoms with van der Waals surface area (Å²) in [6.45, 7) is 2.73. The molecule has 5 nitrogen and oxygen atoms in total. The van der Waals surface area contributed by atoms with Crippen LogP contribution in [0.15, 0.2) is 54.6 Å². The number of halogens is 2. The van der Waals surface area contributed by atoms with E-state index in [1.165, 1.54) is 12.1 Å². The third-order valence-corrected chi connectivity index (χ3v) is 7.29. The monoisotopic (exact) mass is 505 g/mol. The fourth-order valence-electron chi connectivity index (χ4n) is 5.35. The number of hydrogen-bond acceptors (Lipinski definition) is 4. The minimum absolute atomic E-state index is 0.0304. The van der Waals surface area contributed by atoms with Crippen molar-refractivity contribution in [2.24, 2.45) is 5.92 Å². The van der Waals surface area contributed by atoms with Crippen LogP contribution in [0.3, 0.4) is 0 Å². The van der Waals surface area contributed by atoms with Gasteiger partial charge in [-0.2, -0.15) is 0 Å². The molecule has 1 aliphatic carbocycles. The molecule has 0 spiro atoms. The van der Waals surface area contributed by atoms with E-state index in [-0.39, 0.29) is 48.3 Å². The zero-order valence-corrected chi connectivity index (χ0v) is 20.9. The smallest absolute Gasteiger partial charge is 0.310 e. The number of fused-ring (bicyclic) bond motifs is 1. The number of amides is 1. The van der Waals surface area contributed by atoms with Crippen molar-refractivity contribution in [2.45, 2.75) is 38.6 Å². The first-order valence-electron chi connectivity index (χ1n) is 12.6. The maximum absolute atomic E-state index is 14.9. The fourth-order valence-corrected chi connectivity index (χ4v) is 5.35. The first kappa shape index (κ1) is 24.9. The van der Waals surface area contributed by atoms with Crippen molar-refractivity contribution in [1.82, 2.24) is 4.90 Å². The Morgan fingerprint density at radius 2 is 1.81 bits per heavy atom. The van der Waals surface area contributed by atoms with E-state index in [9.17, 15) is 18.4 Å². The van der Waals surface area contributed by atoms with Crippen LogP contribution in [0.2, 0.25) is 0 Å². The molecule has 2 aliphatic rings. The van der Waals surface area contributed by atoms with E-state index >= 15 is 0 Å². The molecule has 3 aromatic rings. The Kier molecular flexibility index (Phi) is 6.96. The number of rotatable bonds is 7. The first-order chi connectivity index (χ1) is 17.9. The average Bonchev–Trinajstić information content (AvgIpc) is 3.69. The van der Waals surface area contributed by atoms with Gasteiger partial charge in [-0.05, 0) is 77.8 Å². The molecular weight excluding hydrogens is 476 g/mol. The van der Waals surface area contributed by atoms with Gasteiger partial charge in [0.1, 0.15) is 17.4 Å². The molecule has 1 saturated carbocycles. The van der Waals surface area contributed by atoms with Gasteiger partial charge in [0.2, 0.25) is 5.91 Å². The van der Waals surface area contributed by atoms with Crippen LogP contribution >= 0.6 is 0 Å². The summed E-state index contributed by atoms with van der Waals surface area (Å²) in [4.78, 5) is 27.2. The number of benzene rings is 3. The molecule has 192 valence electrons. The molecule has 2 unspecified atom stereocenters. The summed E-state index contributed by atoms with van der Waals surface area (Å²) in [6.07, 6.45) is 1.11. The second-order valence-corrected chi connectivity index (χ2v) is 9.55. The van der Waals surface area contributed by atoms with E-state index < -0.39 is 0 Å². The van der Waals surface area contributed by atoms with Gasteiger partial charge in [0.05, 0.1) is 20.1 Å². The Hall–Kier alpha value is -3.74. The lowest BCUT2D eigenvalue weighted by atomic mass is 9.89. The summed E-state index contributed by atoms with van der Waals surface area (Å²) in [7, 11) is 1.56. The molecule has 37 heavy (non-hydrogen) atoms. The topological polar surface area (TPSA) is 55.8 Å². The SMILES string of the molecule is CCOC(=O)Cc1ccc(OC)c(-c2ccc(F)c3c2CN(C(=O)C2CC2c2ccccc2F)CC3)c1. The van der Waals surface area contributed by atoms with E-state index in [0.29, 0.717) is 42.9 Å². The van der Waals surface area contributed by atoms with E-state index in [0.717, 1.165) is 22.3 Å². The Morgan fingerprint density at radius 3 is 2.57 bits per heavy atom. The van der Waals surface area contributed by atoms with Crippen LogP contribution in [-0.4, -0.2) is 37.0 Å². The third-order valence-electron chi connectivity index (χ3n) is 7.29. The first-order valence-corrected chi connectivity index (χ1v) is 12.6. The molecule has 0 saturated heterocycles. The van der Waals surface area contributed by atoms with Crippen LogP contribution in [0.4, 0.5) is 8.78 Å². The van der Waals surface area contributed by atoms with E-state index in [4.69, 9.17) is 9.47 Å². The number of methoxy groups -OCH3 is 1. The number of carbonyl (C=O) groups excluding carboxylic acids is 2. The van der Waals surface area contributed by atoms with Crippen molar-refractivity contribution in [3.05, 3.63) is 88.5 Å². The molecule has 0 N–H and O–H groups in total. The van der Waals surface area contributed by atoms with Gasteiger partial charge in [0, 0.05) is 24.6 Å². The Labute approximate surface area is 215 Å². The number of carbonyl (C=O) groups is 2. The summed E-state index contributed by atoms with van der Waals surface area (Å²) < 4.78 is 39.8. The number of ether oxygens (including phenoxy) is 2. The van der Waals surface area contributed by atoms with Crippen molar-refractivity contribution < 1.29 is 27.8 Å². The minimum Gasteiger partial charge on any atom is -0.496 e. The molecule has 0 bridgehead atoms. The number of hydrogen-bond donors (Lipinski definition) is 0. The summed E-state index contributed by atoms with van der Waals surface area (Å²) >= 11 is 0. The molecular formula is C30H29F2NO4. The van der Waals surface area contributed by atoms with Gasteiger partial charge in [-0.1, -0.05) is 30.3 Å². The van der Waals surface area contributed by atoms with E-state index in [1.54, 1.807) is 55.3 Å². The standard InChI is InChI=1S/C30H29F2NO4/c1-3-37-29(34)15-18-8-11-28(36-2)23(14-18)19-9-10-27(32)21-12-13-33(17-25(19)21)30(35)24-16-22(24)20-6-4-5-7-26(20)31/h4-11,14,22,24H,3,12-13,15-17H2,1-2H3. The van der Waals surface area contributed by atoms with Crippen molar-refractivity contribution >= 4 is 11.9 Å². The van der Waals surface area contributed by atoms with Crippen LogP contribution in [0.25, 0.3) is 11.1 Å². The summed E-state index contributed by atoms with van der Waals surface area (Å²) in [5.74, 6) is -0.747. The largest absolute Gasteiger partial charge is 0.496 e. The third kappa shape index (κ3) is 4.95. The number of esters is 1. The Balaban J connectivity index is 1.44. The lowest BCUT2D eigenvalue weighted by Gasteiger charge is -2.31. The van der Waals surface area contributed by atoms with Gasteiger partial charge >= 0.3 is 5.97 Å². The van der Waals surface area contributed by atoms with Gasteiger partial charge in [-0.25, -0.2) is 8.78 Å². The van der Waals surface area contributed by atoms with Gasteiger partial charge in [0.15, 0.2) is 0 Å². The van der Waals surface area contributed by atoms with Crippen LogP contribution in [0.5, 0.6) is 5.75 Å². The quantitative estimate of drug-likeness (QED) is 0.402. The van der Waals surface area contributed by atoms with Crippen molar-refractivity contribution in [1.29, 1.82) is 0 Å². The average molecular weight is 506 g/mol. The number of nitrogens with zero attached hydrogens (tertiary/aromatic N) is 1. The van der Waals surface area contributed by atoms with Gasteiger partial charge < -0.3 is 14.4 Å². The second-order valence-electron chi connectivity index (χ2n) is 9.55. The highest BCUT2D eigenvalue weighted by Crippen LogP contribution is 2.50. The predicted molar refractivity (Wildman–Crippen MR) is 135 cm³/mol. The fraction of sp³-hybridized carbons (Fsp3) is 0.333. The molecule has 2 atom stereocenters. The molecule has 5 rings (SSSR count). The lowest BCUT2D eigenvalue weighted by molar-refractivity contribution is -0.142. The van der Waals surface area contributed by atoms with Crippen molar-refractivity contribution in [3.8, 4) is 16.9 Å². The molecule has 0 aromatic heterocycles. The van der Waals surface area contributed by atoms with Gasteiger partial charge in [-0.15, -0.1) is 0 Å². The van der Waals surface area contributed by atoms with E-state index in [1.807, 2.05) is 6.07 Å². The zero-order chi connectivity index (χ0) is 26.1. The maximum Gasteiger partial charge on any atom is 0.310 e. The van der Waals surface area contributed by atoms with Crippen LogP contribution in [0, 0.1) is 17.6 Å². The summed E-state index contributed by atoms with van der Waals surface area (Å²) in [5.41, 5.74) is 4.13. The maximum atomic E-state index is 14.9. The van der Waals surface area contributed by atoms with Crippen molar-refractivity contribution in [2.75, 3.05) is 20.3 Å². The van der Waals surface area contributed by atoms with Gasteiger partial charge in [-0.3, -0.25) is 9.59 Å². The van der Waals surface area contributed by atoms with Crippen LogP contribution in [0.1, 0.15) is 41.5 Å². The summed E-state index contributed by atoms with van der Waals surface area (Å²) in [5, 5.41) is 0. The minimum atomic E-state index is -0.328. The van der Waals surface area contributed by atoms with Gasteiger partial charge in [0.25, 0.3) is 0 Å². The Bertz CT molecular complexity index is 1360. The predicted octanol–water partition coefficient (Wildman–Crippen LogP) is 5.43.